The Kier molecular flexibility index (Phi) is 7.32. The molecule has 150 valence electrons. The van der Waals surface area contributed by atoms with Gasteiger partial charge in [0.25, 0.3) is 5.91 Å². The van der Waals surface area contributed by atoms with Crippen molar-refractivity contribution in [2.45, 2.75) is 13.0 Å². The van der Waals surface area contributed by atoms with Crippen LogP contribution in [0.3, 0.4) is 0 Å². The minimum Gasteiger partial charge on any atom is -0.477 e. The summed E-state index contributed by atoms with van der Waals surface area (Å²) >= 11 is 11.8. The number of halogens is 2. The molecule has 0 aliphatic carbocycles. The van der Waals surface area contributed by atoms with Crippen molar-refractivity contribution in [3.63, 3.8) is 0 Å². The summed E-state index contributed by atoms with van der Waals surface area (Å²) < 4.78 is 34.7. The van der Waals surface area contributed by atoms with Gasteiger partial charge in [-0.25, -0.2) is 13.2 Å². The molecule has 0 N–H and O–H groups in total. The van der Waals surface area contributed by atoms with E-state index in [2.05, 4.69) is 0 Å². The van der Waals surface area contributed by atoms with Crippen molar-refractivity contribution < 1.29 is 27.5 Å². The van der Waals surface area contributed by atoms with Crippen molar-refractivity contribution in [2.75, 3.05) is 39.0 Å². The standard InChI is InChI=1S/C16H20Cl2N2O6S/c1-11(26-14-4-3-12(17)9-13(14)18)16(22)25-10-15(21)19-5-7-20(8-6-19)27(2,23)24/h3-4,9,11H,5-8,10H2,1-2H3. The van der Waals surface area contributed by atoms with Gasteiger partial charge in [0.2, 0.25) is 10.0 Å². The van der Waals surface area contributed by atoms with Gasteiger partial charge in [-0.05, 0) is 25.1 Å². The third-order valence-electron chi connectivity index (χ3n) is 3.93. The molecule has 1 aromatic rings. The molecule has 0 radical (unpaired) electrons. The molecule has 0 aromatic heterocycles. The molecule has 1 atom stereocenters. The van der Waals surface area contributed by atoms with E-state index >= 15 is 0 Å². The van der Waals surface area contributed by atoms with Crippen LogP contribution >= 0.6 is 23.2 Å². The maximum absolute atomic E-state index is 12.1. The molecule has 1 aliphatic heterocycles. The van der Waals surface area contributed by atoms with E-state index in [1.807, 2.05) is 0 Å². The molecule has 0 spiro atoms. The Bertz CT molecular complexity index is 809. The normalized spacial score (nSPS) is 16.7. The first-order chi connectivity index (χ1) is 12.6. The van der Waals surface area contributed by atoms with Crippen LogP contribution in [0.1, 0.15) is 6.92 Å². The Hall–Kier alpha value is -1.55. The molecule has 1 saturated heterocycles. The molecule has 1 aliphatic rings. The molecule has 1 fully saturated rings. The second-order valence-electron chi connectivity index (χ2n) is 5.99. The first-order valence-electron chi connectivity index (χ1n) is 8.09. The Morgan fingerprint density at radius 2 is 1.81 bits per heavy atom. The van der Waals surface area contributed by atoms with Crippen molar-refractivity contribution in [3.05, 3.63) is 28.2 Å². The quantitative estimate of drug-likeness (QED) is 0.623. The number of benzene rings is 1. The largest absolute Gasteiger partial charge is 0.477 e. The zero-order valence-corrected chi connectivity index (χ0v) is 17.2. The summed E-state index contributed by atoms with van der Waals surface area (Å²) in [6.07, 6.45) is 0.152. The lowest BCUT2D eigenvalue weighted by atomic mass is 10.3. The average Bonchev–Trinajstić information content (AvgIpc) is 2.61. The van der Waals surface area contributed by atoms with Gasteiger partial charge >= 0.3 is 5.97 Å². The van der Waals surface area contributed by atoms with Crippen LogP contribution < -0.4 is 4.74 Å². The Balaban J connectivity index is 1.80. The second kappa shape index (κ2) is 9.09. The van der Waals surface area contributed by atoms with Gasteiger partial charge in [-0.1, -0.05) is 23.2 Å². The molecule has 2 rings (SSSR count). The first kappa shape index (κ1) is 21.7. The van der Waals surface area contributed by atoms with E-state index in [0.29, 0.717) is 5.02 Å². The van der Waals surface area contributed by atoms with Crippen molar-refractivity contribution >= 4 is 45.1 Å². The monoisotopic (exact) mass is 438 g/mol. The van der Waals surface area contributed by atoms with Gasteiger partial charge in [0.1, 0.15) is 5.75 Å². The zero-order valence-electron chi connectivity index (χ0n) is 14.9. The van der Waals surface area contributed by atoms with Gasteiger partial charge in [-0.15, -0.1) is 0 Å². The highest BCUT2D eigenvalue weighted by atomic mass is 35.5. The van der Waals surface area contributed by atoms with E-state index in [4.69, 9.17) is 32.7 Å². The van der Waals surface area contributed by atoms with Crippen molar-refractivity contribution in [3.8, 4) is 5.75 Å². The molecular formula is C16H20Cl2N2O6S. The predicted octanol–water partition coefficient (Wildman–Crippen LogP) is 1.41. The number of rotatable bonds is 6. The smallest absolute Gasteiger partial charge is 0.347 e. The average molecular weight is 439 g/mol. The molecular weight excluding hydrogens is 419 g/mol. The highest BCUT2D eigenvalue weighted by molar-refractivity contribution is 7.88. The van der Waals surface area contributed by atoms with Gasteiger partial charge < -0.3 is 14.4 Å². The van der Waals surface area contributed by atoms with Gasteiger partial charge in [0.05, 0.1) is 11.3 Å². The van der Waals surface area contributed by atoms with Gasteiger partial charge in [-0.3, -0.25) is 4.79 Å². The van der Waals surface area contributed by atoms with Crippen molar-refractivity contribution in [2.24, 2.45) is 0 Å². The molecule has 1 aromatic carbocycles. The summed E-state index contributed by atoms with van der Waals surface area (Å²) in [4.78, 5) is 25.6. The third-order valence-corrected chi connectivity index (χ3v) is 5.76. The van der Waals surface area contributed by atoms with Crippen molar-refractivity contribution in [1.29, 1.82) is 0 Å². The lowest BCUT2D eigenvalue weighted by Gasteiger charge is -2.33. The zero-order chi connectivity index (χ0) is 20.2. The Morgan fingerprint density at radius 1 is 1.19 bits per heavy atom. The highest BCUT2D eigenvalue weighted by Crippen LogP contribution is 2.28. The van der Waals surface area contributed by atoms with Gasteiger partial charge in [-0.2, -0.15) is 4.31 Å². The predicted molar refractivity (Wildman–Crippen MR) is 101 cm³/mol. The Labute approximate surface area is 168 Å². The number of ether oxygens (including phenoxy) is 2. The summed E-state index contributed by atoms with van der Waals surface area (Å²) in [5.74, 6) is -0.842. The minimum absolute atomic E-state index is 0.215. The highest BCUT2D eigenvalue weighted by Gasteiger charge is 2.27. The summed E-state index contributed by atoms with van der Waals surface area (Å²) in [6, 6.07) is 4.58. The molecule has 1 amide bonds. The summed E-state index contributed by atoms with van der Waals surface area (Å²) in [5, 5.41) is 0.686. The Morgan fingerprint density at radius 3 is 2.37 bits per heavy atom. The van der Waals surface area contributed by atoms with Crippen LogP contribution in [-0.4, -0.2) is 74.6 Å². The fourth-order valence-corrected chi connectivity index (χ4v) is 3.70. The molecule has 0 bridgehead atoms. The van der Waals surface area contributed by atoms with Gasteiger partial charge in [0, 0.05) is 31.2 Å². The van der Waals surface area contributed by atoms with Crippen LogP contribution in [0.15, 0.2) is 18.2 Å². The minimum atomic E-state index is -3.27. The number of esters is 1. The maximum atomic E-state index is 12.1. The molecule has 0 saturated carbocycles. The number of amides is 1. The van der Waals surface area contributed by atoms with E-state index in [1.165, 1.54) is 28.3 Å². The van der Waals surface area contributed by atoms with Crippen LogP contribution in [0.4, 0.5) is 0 Å². The maximum Gasteiger partial charge on any atom is 0.347 e. The van der Waals surface area contributed by atoms with Crippen LogP contribution in [-0.2, 0) is 24.3 Å². The van der Waals surface area contributed by atoms with Crippen molar-refractivity contribution in [1.82, 2.24) is 9.21 Å². The lowest BCUT2D eigenvalue weighted by molar-refractivity contribution is -0.157. The summed E-state index contributed by atoms with van der Waals surface area (Å²) in [7, 11) is -3.27. The van der Waals surface area contributed by atoms with Crippen LogP contribution in [0, 0.1) is 0 Å². The number of hydrogen-bond donors (Lipinski definition) is 0. The molecule has 1 heterocycles. The van der Waals surface area contributed by atoms with E-state index in [9.17, 15) is 18.0 Å². The summed E-state index contributed by atoms with van der Waals surface area (Å²) in [5.41, 5.74) is 0. The van der Waals surface area contributed by atoms with E-state index in [1.54, 1.807) is 6.07 Å². The van der Waals surface area contributed by atoms with Gasteiger partial charge in [0.15, 0.2) is 12.7 Å². The number of piperazine rings is 1. The molecule has 27 heavy (non-hydrogen) atoms. The van der Waals surface area contributed by atoms with Crippen LogP contribution in [0.2, 0.25) is 10.0 Å². The fraction of sp³-hybridized carbons (Fsp3) is 0.500. The number of hydrogen-bond acceptors (Lipinski definition) is 6. The number of carbonyl (C=O) groups is 2. The number of carbonyl (C=O) groups excluding carboxylic acids is 2. The topological polar surface area (TPSA) is 93.2 Å². The lowest BCUT2D eigenvalue weighted by Crippen LogP contribution is -2.51. The number of sulfonamides is 1. The summed E-state index contributed by atoms with van der Waals surface area (Å²) in [6.45, 7) is 1.95. The molecule has 1 unspecified atom stereocenters. The number of nitrogens with zero attached hydrogens (tertiary/aromatic N) is 2. The van der Waals surface area contributed by atoms with Crippen LogP contribution in [0.5, 0.6) is 5.75 Å². The molecule has 8 nitrogen and oxygen atoms in total. The van der Waals surface area contributed by atoms with E-state index in [0.717, 1.165) is 6.26 Å². The first-order valence-corrected chi connectivity index (χ1v) is 10.7. The fourth-order valence-electron chi connectivity index (χ4n) is 2.42. The van der Waals surface area contributed by atoms with Crippen LogP contribution in [0.25, 0.3) is 0 Å². The van der Waals surface area contributed by atoms with E-state index < -0.39 is 34.6 Å². The SMILES string of the molecule is CC(Oc1ccc(Cl)cc1Cl)C(=O)OCC(=O)N1CCN(S(C)(=O)=O)CC1. The third kappa shape index (κ3) is 6.24. The second-order valence-corrected chi connectivity index (χ2v) is 8.81. The van der Waals surface area contributed by atoms with E-state index in [-0.39, 0.29) is 37.0 Å². The molecule has 11 heteroatoms.